The standard InChI is InChI=1S/C21H34N4O/c1-18-7-4-5-8-20(18)24-11-6-12-25(16-15-24)21(26)10-14-23(3)19-9-13-22(2)17-19/h4-5,7-8,19H,6,9-17H2,1-3H3/t19-/m1/s1. The summed E-state index contributed by atoms with van der Waals surface area (Å²) in [6.45, 7) is 9.02. The number of hydrogen-bond donors (Lipinski definition) is 0. The number of hydrogen-bond acceptors (Lipinski definition) is 4. The number of likely N-dealkylation sites (tertiary alicyclic amines) is 1. The van der Waals surface area contributed by atoms with Crippen LogP contribution in [-0.4, -0.2) is 86.6 Å². The van der Waals surface area contributed by atoms with E-state index in [1.165, 1.54) is 24.2 Å². The number of amides is 1. The molecule has 0 radical (unpaired) electrons. The normalized spacial score (nSPS) is 22.1. The molecule has 2 aliphatic rings. The van der Waals surface area contributed by atoms with Crippen LogP contribution in [0.15, 0.2) is 24.3 Å². The van der Waals surface area contributed by atoms with Crippen LogP contribution in [0.25, 0.3) is 0 Å². The number of carbonyl (C=O) groups is 1. The Bertz CT molecular complexity index is 605. The Morgan fingerprint density at radius 2 is 1.96 bits per heavy atom. The van der Waals surface area contributed by atoms with Crippen molar-refractivity contribution in [3.63, 3.8) is 0 Å². The maximum Gasteiger partial charge on any atom is 0.223 e. The molecule has 1 aromatic rings. The zero-order chi connectivity index (χ0) is 18.5. The summed E-state index contributed by atoms with van der Waals surface area (Å²) in [6, 6.07) is 9.16. The minimum atomic E-state index is 0.315. The van der Waals surface area contributed by atoms with E-state index in [2.05, 4.69) is 64.9 Å². The van der Waals surface area contributed by atoms with E-state index in [1.54, 1.807) is 0 Å². The minimum Gasteiger partial charge on any atom is -0.369 e. The molecule has 0 bridgehead atoms. The molecule has 2 heterocycles. The summed E-state index contributed by atoms with van der Waals surface area (Å²) in [6.07, 6.45) is 2.90. The highest BCUT2D eigenvalue weighted by atomic mass is 16.2. The van der Waals surface area contributed by atoms with E-state index in [0.29, 0.717) is 18.4 Å². The third-order valence-electron chi connectivity index (χ3n) is 5.97. The Morgan fingerprint density at radius 3 is 2.69 bits per heavy atom. The van der Waals surface area contributed by atoms with Gasteiger partial charge in [-0.1, -0.05) is 18.2 Å². The predicted octanol–water partition coefficient (Wildman–Crippen LogP) is 2.06. The number of benzene rings is 1. The molecule has 0 aliphatic carbocycles. The van der Waals surface area contributed by atoms with Gasteiger partial charge in [0.1, 0.15) is 0 Å². The van der Waals surface area contributed by atoms with Crippen LogP contribution >= 0.6 is 0 Å². The first-order valence-electron chi connectivity index (χ1n) is 10.0. The number of likely N-dealkylation sites (N-methyl/N-ethyl adjacent to an activating group) is 2. The molecule has 1 amide bonds. The van der Waals surface area contributed by atoms with E-state index in [9.17, 15) is 4.79 Å². The molecule has 0 aromatic heterocycles. The van der Waals surface area contributed by atoms with E-state index in [4.69, 9.17) is 0 Å². The Hall–Kier alpha value is -1.59. The molecule has 0 unspecified atom stereocenters. The van der Waals surface area contributed by atoms with Gasteiger partial charge in [-0.2, -0.15) is 0 Å². The van der Waals surface area contributed by atoms with Crippen LogP contribution in [0.5, 0.6) is 0 Å². The second-order valence-electron chi connectivity index (χ2n) is 7.94. The lowest BCUT2D eigenvalue weighted by molar-refractivity contribution is -0.131. The lowest BCUT2D eigenvalue weighted by Crippen LogP contribution is -2.39. The number of nitrogens with zero attached hydrogens (tertiary/aromatic N) is 4. The first kappa shape index (κ1) is 19.2. The van der Waals surface area contributed by atoms with Gasteiger partial charge in [0, 0.05) is 57.4 Å². The number of para-hydroxylation sites is 1. The van der Waals surface area contributed by atoms with E-state index < -0.39 is 0 Å². The molecule has 0 saturated carbocycles. The molecule has 2 saturated heterocycles. The molecule has 2 fully saturated rings. The molecular weight excluding hydrogens is 324 g/mol. The van der Waals surface area contributed by atoms with Gasteiger partial charge in [0.05, 0.1) is 0 Å². The van der Waals surface area contributed by atoms with Gasteiger partial charge < -0.3 is 19.6 Å². The van der Waals surface area contributed by atoms with Crippen LogP contribution in [0.1, 0.15) is 24.8 Å². The van der Waals surface area contributed by atoms with Crippen molar-refractivity contribution in [2.24, 2.45) is 0 Å². The summed E-state index contributed by atoms with van der Waals surface area (Å²) in [4.78, 5) is 22.0. The second-order valence-corrected chi connectivity index (χ2v) is 7.94. The fourth-order valence-corrected chi connectivity index (χ4v) is 4.21. The van der Waals surface area contributed by atoms with Gasteiger partial charge in [-0.05, 0) is 52.0 Å². The Balaban J connectivity index is 1.47. The highest BCUT2D eigenvalue weighted by Gasteiger charge is 2.25. The van der Waals surface area contributed by atoms with Crippen molar-refractivity contribution in [1.82, 2.24) is 14.7 Å². The van der Waals surface area contributed by atoms with Crippen LogP contribution in [0, 0.1) is 6.92 Å². The van der Waals surface area contributed by atoms with Crippen molar-refractivity contribution < 1.29 is 4.79 Å². The molecule has 26 heavy (non-hydrogen) atoms. The first-order valence-corrected chi connectivity index (χ1v) is 10.0. The molecule has 5 nitrogen and oxygen atoms in total. The number of anilines is 1. The fraction of sp³-hybridized carbons (Fsp3) is 0.667. The monoisotopic (exact) mass is 358 g/mol. The predicted molar refractivity (Wildman–Crippen MR) is 108 cm³/mol. The second kappa shape index (κ2) is 8.87. The summed E-state index contributed by atoms with van der Waals surface area (Å²) in [7, 11) is 4.34. The van der Waals surface area contributed by atoms with Crippen LogP contribution < -0.4 is 4.90 Å². The average Bonchev–Trinajstić information content (AvgIpc) is 2.92. The van der Waals surface area contributed by atoms with Gasteiger partial charge in [0.15, 0.2) is 0 Å². The molecule has 144 valence electrons. The summed E-state index contributed by atoms with van der Waals surface area (Å²) in [5.41, 5.74) is 2.63. The zero-order valence-corrected chi connectivity index (χ0v) is 16.7. The maximum atomic E-state index is 12.7. The summed E-state index contributed by atoms with van der Waals surface area (Å²) < 4.78 is 0. The van der Waals surface area contributed by atoms with Crippen molar-refractivity contribution in [2.75, 3.05) is 64.8 Å². The summed E-state index contributed by atoms with van der Waals surface area (Å²) in [5.74, 6) is 0.315. The van der Waals surface area contributed by atoms with E-state index in [-0.39, 0.29) is 0 Å². The topological polar surface area (TPSA) is 30.0 Å². The number of carbonyl (C=O) groups excluding carboxylic acids is 1. The third kappa shape index (κ3) is 4.77. The van der Waals surface area contributed by atoms with Gasteiger partial charge in [0.25, 0.3) is 0 Å². The van der Waals surface area contributed by atoms with Crippen molar-refractivity contribution in [3.8, 4) is 0 Å². The number of aryl methyl sites for hydroxylation is 1. The highest BCUT2D eigenvalue weighted by Crippen LogP contribution is 2.21. The van der Waals surface area contributed by atoms with Gasteiger partial charge >= 0.3 is 0 Å². The fourth-order valence-electron chi connectivity index (χ4n) is 4.21. The molecule has 0 spiro atoms. The first-order chi connectivity index (χ1) is 12.5. The van der Waals surface area contributed by atoms with Crippen molar-refractivity contribution >= 4 is 11.6 Å². The van der Waals surface area contributed by atoms with Crippen LogP contribution in [0.2, 0.25) is 0 Å². The SMILES string of the molecule is Cc1ccccc1N1CCCN(C(=O)CCN(C)[C@@H]2CCN(C)C2)CC1. The molecule has 5 heteroatoms. The van der Waals surface area contributed by atoms with Crippen LogP contribution in [0.3, 0.4) is 0 Å². The smallest absolute Gasteiger partial charge is 0.223 e. The molecule has 1 atom stereocenters. The Morgan fingerprint density at radius 1 is 1.15 bits per heavy atom. The van der Waals surface area contributed by atoms with Crippen molar-refractivity contribution in [2.45, 2.75) is 32.2 Å². The van der Waals surface area contributed by atoms with Gasteiger partial charge in [0.2, 0.25) is 5.91 Å². The highest BCUT2D eigenvalue weighted by molar-refractivity contribution is 5.76. The van der Waals surface area contributed by atoms with E-state index in [0.717, 1.165) is 45.7 Å². The maximum absolute atomic E-state index is 12.7. The van der Waals surface area contributed by atoms with Crippen molar-refractivity contribution in [3.05, 3.63) is 29.8 Å². The van der Waals surface area contributed by atoms with Crippen molar-refractivity contribution in [1.29, 1.82) is 0 Å². The summed E-state index contributed by atoms with van der Waals surface area (Å²) in [5, 5.41) is 0. The Kier molecular flexibility index (Phi) is 6.54. The van der Waals surface area contributed by atoms with Gasteiger partial charge in [-0.3, -0.25) is 4.79 Å². The van der Waals surface area contributed by atoms with Crippen LogP contribution in [-0.2, 0) is 4.79 Å². The molecule has 2 aliphatic heterocycles. The average molecular weight is 359 g/mol. The van der Waals surface area contributed by atoms with Crippen LogP contribution in [0.4, 0.5) is 5.69 Å². The molecule has 3 rings (SSSR count). The lowest BCUT2D eigenvalue weighted by atomic mass is 10.2. The largest absolute Gasteiger partial charge is 0.369 e. The Labute approximate surface area is 158 Å². The quantitative estimate of drug-likeness (QED) is 0.806. The van der Waals surface area contributed by atoms with Gasteiger partial charge in [-0.15, -0.1) is 0 Å². The van der Waals surface area contributed by atoms with E-state index >= 15 is 0 Å². The molecule has 1 aromatic carbocycles. The van der Waals surface area contributed by atoms with E-state index in [1.807, 2.05) is 0 Å². The van der Waals surface area contributed by atoms with Gasteiger partial charge in [-0.25, -0.2) is 0 Å². The molecule has 0 N–H and O–H groups in total. The minimum absolute atomic E-state index is 0.315. The third-order valence-corrected chi connectivity index (χ3v) is 5.97. The number of rotatable bonds is 5. The molecular formula is C21H34N4O. The summed E-state index contributed by atoms with van der Waals surface area (Å²) >= 11 is 0. The lowest BCUT2D eigenvalue weighted by Gasteiger charge is -2.27. The zero-order valence-electron chi connectivity index (χ0n) is 16.7.